The summed E-state index contributed by atoms with van der Waals surface area (Å²) in [7, 11) is 0. The number of hydrogen-bond donors (Lipinski definition) is 1. The van der Waals surface area contributed by atoms with Crippen LogP contribution in [0.5, 0.6) is 0 Å². The lowest BCUT2D eigenvalue weighted by molar-refractivity contribution is -0.137. The molecule has 1 amide bonds. The Morgan fingerprint density at radius 1 is 1.11 bits per heavy atom. The van der Waals surface area contributed by atoms with Gasteiger partial charge in [-0.25, -0.2) is 4.79 Å². The van der Waals surface area contributed by atoms with E-state index in [1.54, 1.807) is 0 Å². The third-order valence-electron chi connectivity index (χ3n) is 4.52. The molecule has 0 aliphatic carbocycles. The molecule has 1 aliphatic heterocycles. The molecule has 1 heterocycles. The van der Waals surface area contributed by atoms with Crippen LogP contribution in [0.25, 0.3) is 0 Å². The van der Waals surface area contributed by atoms with E-state index in [0.29, 0.717) is 12.2 Å². The van der Waals surface area contributed by atoms with Gasteiger partial charge in [-0.15, -0.1) is 0 Å². The van der Waals surface area contributed by atoms with E-state index < -0.39 is 17.8 Å². The standard InChI is InChI=1S/C20H21F3N2O2/c21-20(22,23)16-8-10-18(11-9-16)25-12-4-7-17(13-25)24-19(26)27-14-15-5-2-1-3-6-15/h1-3,5-6,8-11,17H,4,7,12-14H2,(H,24,26)/t17-/m0/s1. The Morgan fingerprint density at radius 3 is 2.48 bits per heavy atom. The maximum absolute atomic E-state index is 12.7. The Hall–Kier alpha value is -2.70. The lowest BCUT2D eigenvalue weighted by Gasteiger charge is -2.34. The van der Waals surface area contributed by atoms with Crippen LogP contribution in [0.3, 0.4) is 0 Å². The van der Waals surface area contributed by atoms with Crippen molar-refractivity contribution in [3.63, 3.8) is 0 Å². The number of piperidine rings is 1. The number of alkyl carbamates (subject to hydrolysis) is 1. The lowest BCUT2D eigenvalue weighted by Crippen LogP contribution is -2.48. The maximum Gasteiger partial charge on any atom is 0.416 e. The van der Waals surface area contributed by atoms with Crippen molar-refractivity contribution in [1.29, 1.82) is 0 Å². The number of nitrogens with zero attached hydrogens (tertiary/aromatic N) is 1. The van der Waals surface area contributed by atoms with Crippen molar-refractivity contribution in [3.05, 3.63) is 65.7 Å². The molecule has 3 rings (SSSR count). The minimum absolute atomic E-state index is 0.107. The van der Waals surface area contributed by atoms with Gasteiger partial charge in [-0.3, -0.25) is 0 Å². The van der Waals surface area contributed by atoms with E-state index >= 15 is 0 Å². The molecule has 0 unspecified atom stereocenters. The highest BCUT2D eigenvalue weighted by Gasteiger charge is 2.30. The topological polar surface area (TPSA) is 41.6 Å². The third kappa shape index (κ3) is 5.39. The molecule has 1 saturated heterocycles. The zero-order chi connectivity index (χ0) is 19.3. The minimum atomic E-state index is -4.34. The van der Waals surface area contributed by atoms with Gasteiger partial charge in [0, 0.05) is 24.8 Å². The van der Waals surface area contributed by atoms with E-state index in [0.717, 1.165) is 37.1 Å². The SMILES string of the molecule is O=C(N[C@H]1CCCN(c2ccc(C(F)(F)F)cc2)C1)OCc1ccccc1. The number of carbonyl (C=O) groups is 1. The number of hydrogen-bond acceptors (Lipinski definition) is 3. The number of carbonyl (C=O) groups excluding carboxylic acids is 1. The zero-order valence-electron chi connectivity index (χ0n) is 14.7. The number of anilines is 1. The minimum Gasteiger partial charge on any atom is -0.445 e. The van der Waals surface area contributed by atoms with Gasteiger partial charge >= 0.3 is 12.3 Å². The van der Waals surface area contributed by atoms with E-state index in [-0.39, 0.29) is 12.6 Å². The molecule has 1 aliphatic rings. The first-order valence-corrected chi connectivity index (χ1v) is 8.81. The summed E-state index contributed by atoms with van der Waals surface area (Å²) in [5.74, 6) is 0. The molecule has 1 N–H and O–H groups in total. The Balaban J connectivity index is 1.52. The fourth-order valence-electron chi connectivity index (χ4n) is 3.12. The molecule has 0 spiro atoms. The number of benzene rings is 2. The molecule has 0 saturated carbocycles. The van der Waals surface area contributed by atoms with Crippen molar-refractivity contribution in [2.45, 2.75) is 31.7 Å². The van der Waals surface area contributed by atoms with Crippen LogP contribution in [0.2, 0.25) is 0 Å². The smallest absolute Gasteiger partial charge is 0.416 e. The lowest BCUT2D eigenvalue weighted by atomic mass is 10.0. The van der Waals surface area contributed by atoms with Gasteiger partial charge in [0.25, 0.3) is 0 Å². The molecule has 1 fully saturated rings. The summed E-state index contributed by atoms with van der Waals surface area (Å²) < 4.78 is 43.3. The summed E-state index contributed by atoms with van der Waals surface area (Å²) in [4.78, 5) is 14.0. The van der Waals surface area contributed by atoms with Crippen molar-refractivity contribution >= 4 is 11.8 Å². The largest absolute Gasteiger partial charge is 0.445 e. The van der Waals surface area contributed by atoms with Gasteiger partial charge in [0.15, 0.2) is 0 Å². The molecule has 0 aromatic heterocycles. The molecular weight excluding hydrogens is 357 g/mol. The molecule has 2 aromatic carbocycles. The summed E-state index contributed by atoms with van der Waals surface area (Å²) in [6.45, 7) is 1.47. The fraction of sp³-hybridized carbons (Fsp3) is 0.350. The summed E-state index contributed by atoms with van der Waals surface area (Å²) in [5, 5.41) is 2.84. The van der Waals surface area contributed by atoms with E-state index in [2.05, 4.69) is 5.32 Å². The van der Waals surface area contributed by atoms with Gasteiger partial charge in [-0.1, -0.05) is 30.3 Å². The first kappa shape index (κ1) is 19.1. The van der Waals surface area contributed by atoms with Gasteiger partial charge in [0.1, 0.15) is 6.61 Å². The van der Waals surface area contributed by atoms with Crippen LogP contribution < -0.4 is 10.2 Å². The Bertz CT molecular complexity index is 748. The number of rotatable bonds is 4. The van der Waals surface area contributed by atoms with E-state index in [9.17, 15) is 18.0 Å². The summed E-state index contributed by atoms with van der Waals surface area (Å²) in [6.07, 6.45) is -3.19. The number of amides is 1. The van der Waals surface area contributed by atoms with Gasteiger partial charge in [-0.05, 0) is 42.7 Å². The Kier molecular flexibility index (Phi) is 5.88. The predicted octanol–water partition coefficient (Wildman–Crippen LogP) is 4.60. The molecule has 0 bridgehead atoms. The van der Waals surface area contributed by atoms with E-state index in [1.807, 2.05) is 35.2 Å². The Morgan fingerprint density at radius 2 is 1.81 bits per heavy atom. The summed E-state index contributed by atoms with van der Waals surface area (Å²) in [6, 6.07) is 14.4. The second-order valence-electron chi connectivity index (χ2n) is 6.54. The Labute approximate surface area is 155 Å². The number of nitrogens with one attached hydrogen (secondary N) is 1. The zero-order valence-corrected chi connectivity index (χ0v) is 14.7. The van der Waals surface area contributed by atoms with Crippen LogP contribution in [0.4, 0.5) is 23.7 Å². The van der Waals surface area contributed by atoms with Crippen LogP contribution in [-0.4, -0.2) is 25.2 Å². The molecule has 27 heavy (non-hydrogen) atoms. The monoisotopic (exact) mass is 378 g/mol. The molecular formula is C20H21F3N2O2. The van der Waals surface area contributed by atoms with Crippen molar-refractivity contribution in [2.24, 2.45) is 0 Å². The second-order valence-corrected chi connectivity index (χ2v) is 6.54. The van der Waals surface area contributed by atoms with Crippen LogP contribution in [0, 0.1) is 0 Å². The normalized spacial score (nSPS) is 17.4. The van der Waals surface area contributed by atoms with Crippen molar-refractivity contribution in [2.75, 3.05) is 18.0 Å². The van der Waals surface area contributed by atoms with Crippen LogP contribution in [0.15, 0.2) is 54.6 Å². The first-order valence-electron chi connectivity index (χ1n) is 8.81. The van der Waals surface area contributed by atoms with Gasteiger partial charge in [-0.2, -0.15) is 13.2 Å². The van der Waals surface area contributed by atoms with Gasteiger partial charge < -0.3 is 15.0 Å². The quantitative estimate of drug-likeness (QED) is 0.845. The average Bonchev–Trinajstić information content (AvgIpc) is 2.67. The summed E-state index contributed by atoms with van der Waals surface area (Å²) in [5.41, 5.74) is 0.956. The number of ether oxygens (including phenoxy) is 1. The second kappa shape index (κ2) is 8.33. The van der Waals surface area contributed by atoms with Gasteiger partial charge in [0.05, 0.1) is 5.56 Å². The molecule has 4 nitrogen and oxygen atoms in total. The molecule has 7 heteroatoms. The number of halogens is 3. The number of alkyl halides is 3. The highest BCUT2D eigenvalue weighted by atomic mass is 19.4. The highest BCUT2D eigenvalue weighted by molar-refractivity contribution is 5.67. The van der Waals surface area contributed by atoms with Gasteiger partial charge in [0.2, 0.25) is 0 Å². The van der Waals surface area contributed by atoms with Crippen LogP contribution >= 0.6 is 0 Å². The van der Waals surface area contributed by atoms with E-state index in [1.165, 1.54) is 12.1 Å². The van der Waals surface area contributed by atoms with Crippen LogP contribution in [-0.2, 0) is 17.5 Å². The molecule has 144 valence electrons. The molecule has 1 atom stereocenters. The average molecular weight is 378 g/mol. The van der Waals surface area contributed by atoms with Crippen molar-refractivity contribution in [3.8, 4) is 0 Å². The van der Waals surface area contributed by atoms with Crippen molar-refractivity contribution in [1.82, 2.24) is 5.32 Å². The van der Waals surface area contributed by atoms with E-state index in [4.69, 9.17) is 4.74 Å². The maximum atomic E-state index is 12.7. The van der Waals surface area contributed by atoms with Crippen LogP contribution in [0.1, 0.15) is 24.0 Å². The summed E-state index contributed by atoms with van der Waals surface area (Å²) >= 11 is 0. The molecule has 0 radical (unpaired) electrons. The predicted molar refractivity (Wildman–Crippen MR) is 96.4 cm³/mol. The molecule has 2 aromatic rings. The third-order valence-corrected chi connectivity index (χ3v) is 4.52. The van der Waals surface area contributed by atoms with Crippen molar-refractivity contribution < 1.29 is 22.7 Å². The highest BCUT2D eigenvalue weighted by Crippen LogP contribution is 2.31. The first-order chi connectivity index (χ1) is 12.9. The fourth-order valence-corrected chi connectivity index (χ4v) is 3.12.